The van der Waals surface area contributed by atoms with Crippen molar-refractivity contribution in [1.82, 2.24) is 10.3 Å². The maximum atomic E-state index is 11.8. The molecule has 17 heavy (non-hydrogen) atoms. The standard InChI is InChI=1S/C10H8Cl2N2O3/c11-6-4-13-7(12)3-5(6)8(15)14-10(1-2-10)9(16)17/h3-4H,1-2H2,(H,14,15)(H,16,17). The van der Waals surface area contributed by atoms with E-state index in [1.807, 2.05) is 0 Å². The first-order valence-electron chi connectivity index (χ1n) is 4.81. The van der Waals surface area contributed by atoms with Crippen molar-refractivity contribution in [3.05, 3.63) is 28.0 Å². The maximum Gasteiger partial charge on any atom is 0.329 e. The highest BCUT2D eigenvalue weighted by Gasteiger charge is 2.51. The van der Waals surface area contributed by atoms with Crippen molar-refractivity contribution < 1.29 is 14.7 Å². The molecule has 1 fully saturated rings. The van der Waals surface area contributed by atoms with Gasteiger partial charge in [0.1, 0.15) is 10.7 Å². The molecule has 90 valence electrons. The number of carboxylic acids is 1. The first-order valence-corrected chi connectivity index (χ1v) is 5.57. The summed E-state index contributed by atoms with van der Waals surface area (Å²) in [6, 6.07) is 1.30. The summed E-state index contributed by atoms with van der Waals surface area (Å²) in [5.41, 5.74) is -1.02. The first kappa shape index (κ1) is 12.1. The quantitative estimate of drug-likeness (QED) is 0.823. The number of carbonyl (C=O) groups excluding carboxylic acids is 1. The Morgan fingerprint density at radius 1 is 1.41 bits per heavy atom. The number of nitrogens with one attached hydrogen (secondary N) is 1. The molecule has 0 aliphatic heterocycles. The number of carbonyl (C=O) groups is 2. The van der Waals surface area contributed by atoms with Crippen molar-refractivity contribution in [3.8, 4) is 0 Å². The molecule has 1 aromatic heterocycles. The van der Waals surface area contributed by atoms with E-state index in [2.05, 4.69) is 10.3 Å². The van der Waals surface area contributed by atoms with Crippen molar-refractivity contribution in [2.75, 3.05) is 0 Å². The zero-order valence-electron chi connectivity index (χ0n) is 8.54. The highest BCUT2D eigenvalue weighted by molar-refractivity contribution is 6.35. The molecule has 0 saturated heterocycles. The predicted molar refractivity (Wildman–Crippen MR) is 61.3 cm³/mol. The molecule has 1 aromatic rings. The average molecular weight is 275 g/mol. The Morgan fingerprint density at radius 3 is 2.59 bits per heavy atom. The molecule has 2 N–H and O–H groups in total. The van der Waals surface area contributed by atoms with E-state index in [4.69, 9.17) is 28.3 Å². The van der Waals surface area contributed by atoms with E-state index in [1.165, 1.54) is 12.3 Å². The second-order valence-electron chi connectivity index (χ2n) is 3.83. The molecule has 0 aromatic carbocycles. The summed E-state index contributed by atoms with van der Waals surface area (Å²) in [6.45, 7) is 0. The minimum Gasteiger partial charge on any atom is -0.480 e. The molecule has 5 nitrogen and oxygen atoms in total. The Bertz CT molecular complexity index is 500. The van der Waals surface area contributed by atoms with Gasteiger partial charge in [0.05, 0.1) is 10.6 Å². The van der Waals surface area contributed by atoms with Crippen molar-refractivity contribution >= 4 is 35.1 Å². The fourth-order valence-electron chi connectivity index (χ4n) is 1.39. The Labute approximate surface area is 107 Å². The number of pyridine rings is 1. The highest BCUT2D eigenvalue weighted by Crippen LogP contribution is 2.36. The lowest BCUT2D eigenvalue weighted by Crippen LogP contribution is -2.43. The van der Waals surface area contributed by atoms with Crippen LogP contribution in [0, 0.1) is 0 Å². The third kappa shape index (κ3) is 2.35. The first-order chi connectivity index (χ1) is 7.94. The van der Waals surface area contributed by atoms with Crippen LogP contribution in [0.3, 0.4) is 0 Å². The van der Waals surface area contributed by atoms with E-state index in [1.54, 1.807) is 0 Å². The van der Waals surface area contributed by atoms with E-state index in [-0.39, 0.29) is 15.7 Å². The van der Waals surface area contributed by atoms with Gasteiger partial charge in [-0.15, -0.1) is 0 Å². The van der Waals surface area contributed by atoms with Crippen LogP contribution in [-0.2, 0) is 4.79 Å². The van der Waals surface area contributed by atoms with Crippen LogP contribution in [-0.4, -0.2) is 27.5 Å². The minimum absolute atomic E-state index is 0.124. The van der Waals surface area contributed by atoms with Crippen LogP contribution in [0.2, 0.25) is 10.2 Å². The van der Waals surface area contributed by atoms with Crippen LogP contribution >= 0.6 is 23.2 Å². The van der Waals surface area contributed by atoms with E-state index in [9.17, 15) is 9.59 Å². The predicted octanol–water partition coefficient (Wildman–Crippen LogP) is 1.74. The molecule has 0 radical (unpaired) electrons. The number of nitrogens with zero attached hydrogens (tertiary/aromatic N) is 1. The van der Waals surface area contributed by atoms with Gasteiger partial charge in [-0.3, -0.25) is 4.79 Å². The van der Waals surface area contributed by atoms with Gasteiger partial charge in [0, 0.05) is 6.20 Å². The van der Waals surface area contributed by atoms with Gasteiger partial charge in [-0.2, -0.15) is 0 Å². The number of hydrogen-bond acceptors (Lipinski definition) is 3. The number of rotatable bonds is 3. The van der Waals surface area contributed by atoms with Crippen molar-refractivity contribution in [3.63, 3.8) is 0 Å². The van der Waals surface area contributed by atoms with E-state index in [0.29, 0.717) is 12.8 Å². The summed E-state index contributed by atoms with van der Waals surface area (Å²) < 4.78 is 0. The topological polar surface area (TPSA) is 79.3 Å². The summed E-state index contributed by atoms with van der Waals surface area (Å²) in [4.78, 5) is 26.5. The Kier molecular flexibility index (Phi) is 2.97. The molecule has 7 heteroatoms. The van der Waals surface area contributed by atoms with Gasteiger partial charge in [0.15, 0.2) is 0 Å². The molecule has 0 bridgehead atoms. The zero-order chi connectivity index (χ0) is 12.6. The molecule has 0 unspecified atom stereocenters. The van der Waals surface area contributed by atoms with Gasteiger partial charge in [-0.05, 0) is 18.9 Å². The van der Waals surface area contributed by atoms with Gasteiger partial charge < -0.3 is 10.4 Å². The largest absolute Gasteiger partial charge is 0.480 e. The molecular formula is C10H8Cl2N2O3. The van der Waals surface area contributed by atoms with Crippen molar-refractivity contribution in [2.45, 2.75) is 18.4 Å². The SMILES string of the molecule is O=C(NC1(C(=O)O)CC1)c1cc(Cl)ncc1Cl. The second kappa shape index (κ2) is 4.16. The van der Waals surface area contributed by atoms with Gasteiger partial charge >= 0.3 is 5.97 Å². The average Bonchev–Trinajstić information content (AvgIpc) is 3.02. The Balaban J connectivity index is 2.21. The molecule has 0 spiro atoms. The van der Waals surface area contributed by atoms with Gasteiger partial charge in [-0.1, -0.05) is 23.2 Å². The van der Waals surface area contributed by atoms with E-state index in [0.717, 1.165) is 0 Å². The normalized spacial score (nSPS) is 16.4. The smallest absolute Gasteiger partial charge is 0.329 e. The minimum atomic E-state index is -1.14. The van der Waals surface area contributed by atoms with Crippen LogP contribution < -0.4 is 5.32 Å². The number of aromatic nitrogens is 1. The van der Waals surface area contributed by atoms with E-state index >= 15 is 0 Å². The Morgan fingerprint density at radius 2 is 2.06 bits per heavy atom. The maximum absolute atomic E-state index is 11.8. The van der Waals surface area contributed by atoms with Crippen LogP contribution in [0.25, 0.3) is 0 Å². The molecule has 1 saturated carbocycles. The molecule has 1 amide bonds. The summed E-state index contributed by atoms with van der Waals surface area (Å²) in [7, 11) is 0. The lowest BCUT2D eigenvalue weighted by Gasteiger charge is -2.12. The van der Waals surface area contributed by atoms with Crippen LogP contribution in [0.15, 0.2) is 12.3 Å². The summed E-state index contributed by atoms with van der Waals surface area (Å²) in [6.07, 6.45) is 2.09. The second-order valence-corrected chi connectivity index (χ2v) is 4.62. The zero-order valence-corrected chi connectivity index (χ0v) is 10.0. The number of hydrogen-bond donors (Lipinski definition) is 2. The van der Waals surface area contributed by atoms with Gasteiger partial charge in [0.25, 0.3) is 5.91 Å². The lowest BCUT2D eigenvalue weighted by molar-refractivity contribution is -0.140. The van der Waals surface area contributed by atoms with Crippen molar-refractivity contribution in [2.24, 2.45) is 0 Å². The Hall–Kier alpha value is -1.33. The lowest BCUT2D eigenvalue weighted by atomic mass is 10.2. The van der Waals surface area contributed by atoms with Crippen molar-refractivity contribution in [1.29, 1.82) is 0 Å². The van der Waals surface area contributed by atoms with Gasteiger partial charge in [0.2, 0.25) is 0 Å². The third-order valence-electron chi connectivity index (χ3n) is 2.58. The summed E-state index contributed by atoms with van der Waals surface area (Å²) in [5, 5.41) is 11.6. The summed E-state index contributed by atoms with van der Waals surface area (Å²) >= 11 is 11.4. The summed E-state index contributed by atoms with van der Waals surface area (Å²) in [5.74, 6) is -1.60. The third-order valence-corrected chi connectivity index (χ3v) is 3.09. The molecular weight excluding hydrogens is 267 g/mol. The van der Waals surface area contributed by atoms with Crippen LogP contribution in [0.5, 0.6) is 0 Å². The van der Waals surface area contributed by atoms with Crippen LogP contribution in [0.1, 0.15) is 23.2 Å². The molecule has 1 heterocycles. The van der Waals surface area contributed by atoms with Gasteiger partial charge in [-0.25, -0.2) is 9.78 Å². The molecule has 2 rings (SSSR count). The number of amides is 1. The monoisotopic (exact) mass is 274 g/mol. The molecule has 0 atom stereocenters. The molecule has 1 aliphatic carbocycles. The van der Waals surface area contributed by atoms with E-state index < -0.39 is 17.4 Å². The number of carboxylic acid groups (broad SMARTS) is 1. The number of halogens is 2. The number of aliphatic carboxylic acids is 1. The fraction of sp³-hybridized carbons (Fsp3) is 0.300. The molecule has 1 aliphatic rings. The fourth-order valence-corrected chi connectivity index (χ4v) is 1.74. The highest BCUT2D eigenvalue weighted by atomic mass is 35.5. The van der Waals surface area contributed by atoms with Crippen LogP contribution in [0.4, 0.5) is 0 Å².